The molecule has 9 rings (SSSR count). The molecular weight excluding hydrogens is 815 g/mol. The average molecular weight is 888 g/mol. The fourth-order valence-corrected chi connectivity index (χ4v) is 8.87. The van der Waals surface area contributed by atoms with Crippen molar-refractivity contribution in [3.05, 3.63) is 192 Å². The summed E-state index contributed by atoms with van der Waals surface area (Å²) in [7, 11) is 0. The van der Waals surface area contributed by atoms with Gasteiger partial charge in [-0.25, -0.2) is 4.98 Å². The van der Waals surface area contributed by atoms with E-state index in [1.165, 1.54) is 12.1 Å². The van der Waals surface area contributed by atoms with Crippen LogP contribution in [0.3, 0.4) is 0 Å². The number of benzene rings is 7. The zero-order valence-electron chi connectivity index (χ0n) is 49.5. The molecule has 0 amide bonds. The molecule has 2 aromatic heterocycles. The molecule has 0 unspecified atom stereocenters. The van der Waals surface area contributed by atoms with Crippen molar-refractivity contribution in [2.24, 2.45) is 0 Å². The van der Waals surface area contributed by atoms with Gasteiger partial charge in [0.1, 0.15) is 11.6 Å². The Hall–Kier alpha value is -7.04. The van der Waals surface area contributed by atoms with Crippen LogP contribution in [0.25, 0.3) is 83.9 Å². The number of hydrogen-bond acceptors (Lipinski definition) is 3. The lowest BCUT2D eigenvalue weighted by atomic mass is 9.79. The van der Waals surface area contributed by atoms with Gasteiger partial charge < -0.3 is 5.11 Å². The van der Waals surface area contributed by atoms with Gasteiger partial charge in [0, 0.05) is 42.2 Å². The van der Waals surface area contributed by atoms with E-state index in [0.717, 1.165) is 66.8 Å². The highest BCUT2D eigenvalue weighted by Gasteiger charge is 2.29. The van der Waals surface area contributed by atoms with Crippen LogP contribution in [0.2, 0.25) is 0 Å². The number of para-hydroxylation sites is 1. The lowest BCUT2D eigenvalue weighted by Gasteiger charge is -2.27. The van der Waals surface area contributed by atoms with Crippen molar-refractivity contribution in [3.63, 3.8) is 0 Å². The lowest BCUT2D eigenvalue weighted by Crippen LogP contribution is -2.17. The Morgan fingerprint density at radius 2 is 1.18 bits per heavy atom. The number of rotatable bonds is 8. The van der Waals surface area contributed by atoms with Crippen LogP contribution in [-0.2, 0) is 16.2 Å². The van der Waals surface area contributed by atoms with Crippen LogP contribution < -0.4 is 0 Å². The number of aromatic hydroxyl groups is 1. The second kappa shape index (κ2) is 17.3. The molecule has 0 atom stereocenters. The first-order valence-corrected chi connectivity index (χ1v) is 22.8. The highest BCUT2D eigenvalue weighted by Crippen LogP contribution is 2.46. The molecule has 2 heterocycles. The third-order valence-corrected chi connectivity index (χ3v) is 12.7. The van der Waals surface area contributed by atoms with E-state index in [1.807, 2.05) is 80.6 Å². The Morgan fingerprint density at radius 3 is 1.84 bits per heavy atom. The van der Waals surface area contributed by atoms with Gasteiger partial charge in [-0.3, -0.25) is 9.55 Å². The monoisotopic (exact) mass is 888 g/mol. The highest BCUT2D eigenvalue weighted by atomic mass is 16.3. The molecule has 0 aliphatic rings. The molecule has 0 spiro atoms. The van der Waals surface area contributed by atoms with Gasteiger partial charge in [0.2, 0.25) is 0 Å². The molecule has 67 heavy (non-hydrogen) atoms. The minimum Gasteiger partial charge on any atom is -0.507 e. The molecule has 4 heteroatoms. The van der Waals surface area contributed by atoms with Crippen molar-refractivity contribution in [3.8, 4) is 78.6 Å². The Balaban J connectivity index is 1.29. The Bertz CT molecular complexity index is 3610. The summed E-state index contributed by atoms with van der Waals surface area (Å²) in [5, 5.41) is 12.6. The minimum atomic E-state index is -3.38. The van der Waals surface area contributed by atoms with Crippen molar-refractivity contribution >= 4 is 11.0 Å². The third kappa shape index (κ3) is 8.98. The SMILES string of the molecule is [2H]C(C)(C)c1ccc(-n2c(-c3cc(C(C)(C)C)cc(C(C)(C)C)c3O)nc3c(-c4cc(-c5ccccc5)cc(-c5cc(-c6ccc(C(C([2H])([2H])[2H])(C([2H])([2H])[2H])C([2H])([2H])[2H])cc6)ccn5)c4)cccc32)c(-c2ccccc2)c1. The standard InChI is InChI=1S/C63H63N3O/c1-40(2)44-27-30-56(52(36-44)43-21-16-13-17-22-43)66-57-24-18-23-51(58(57)65-60(66)53-38-50(62(6,7)8)39-54(59(53)67)63(9,10)11)47-33-46(41-19-14-12-15-20-41)34-48(35-47)55-37-45(31-32-64-55)42-25-28-49(29-26-42)61(3,4)5/h12-40,67H,1-11H3/i3D3,4D3,5D3,40D. The van der Waals surface area contributed by atoms with Crippen molar-refractivity contribution in [2.75, 3.05) is 0 Å². The number of imidazole rings is 1. The summed E-state index contributed by atoms with van der Waals surface area (Å²) in [4.78, 5) is 10.5. The van der Waals surface area contributed by atoms with Gasteiger partial charge in [0.05, 0.1) is 28.0 Å². The molecule has 9 aromatic rings. The van der Waals surface area contributed by atoms with E-state index in [9.17, 15) is 5.11 Å². The summed E-state index contributed by atoms with van der Waals surface area (Å²) in [5.74, 6) is -0.202. The maximum Gasteiger partial charge on any atom is 0.149 e. The fraction of sp³-hybridized carbons (Fsp3) is 0.238. The molecule has 0 fully saturated rings. The third-order valence-electron chi connectivity index (χ3n) is 12.7. The lowest BCUT2D eigenvalue weighted by molar-refractivity contribution is 0.446. The molecule has 0 aliphatic heterocycles. The molecule has 4 nitrogen and oxygen atoms in total. The number of phenolic OH excluding ortho intramolecular Hbond substituents is 1. The first kappa shape index (κ1) is 34.3. The minimum absolute atomic E-state index is 0.147. The molecule has 7 aromatic carbocycles. The largest absolute Gasteiger partial charge is 0.507 e. The normalized spacial score (nSPS) is 15.2. The Morgan fingerprint density at radius 1 is 0.522 bits per heavy atom. The van der Waals surface area contributed by atoms with Crippen LogP contribution in [0.15, 0.2) is 170 Å². The van der Waals surface area contributed by atoms with Crippen LogP contribution in [0.4, 0.5) is 0 Å². The van der Waals surface area contributed by atoms with Gasteiger partial charge in [-0.05, 0) is 127 Å². The van der Waals surface area contributed by atoms with Crippen LogP contribution in [0.1, 0.15) is 118 Å². The van der Waals surface area contributed by atoms with E-state index in [0.29, 0.717) is 33.7 Å². The quantitative estimate of drug-likeness (QED) is 0.165. The summed E-state index contributed by atoms with van der Waals surface area (Å²) in [5.41, 5.74) is 9.47. The van der Waals surface area contributed by atoms with Gasteiger partial charge in [-0.15, -0.1) is 0 Å². The smallest absolute Gasteiger partial charge is 0.149 e. The molecule has 0 saturated heterocycles. The molecule has 336 valence electrons. The Labute approximate surface area is 412 Å². The second-order valence-corrected chi connectivity index (χ2v) is 19.9. The molecular formula is C63H63N3O. The fourth-order valence-electron chi connectivity index (χ4n) is 8.87. The first-order chi connectivity index (χ1) is 35.9. The summed E-state index contributed by atoms with van der Waals surface area (Å²) >= 11 is 0. The molecule has 0 bridgehead atoms. The van der Waals surface area contributed by atoms with Crippen molar-refractivity contribution < 1.29 is 18.8 Å². The van der Waals surface area contributed by atoms with Crippen LogP contribution in [0, 0.1) is 0 Å². The van der Waals surface area contributed by atoms with Gasteiger partial charge >= 0.3 is 0 Å². The maximum absolute atomic E-state index is 12.6. The van der Waals surface area contributed by atoms with E-state index in [1.54, 1.807) is 24.4 Å². The van der Waals surface area contributed by atoms with E-state index >= 15 is 0 Å². The zero-order valence-corrected chi connectivity index (χ0v) is 39.5. The second-order valence-electron chi connectivity index (χ2n) is 19.9. The van der Waals surface area contributed by atoms with Crippen LogP contribution in [0.5, 0.6) is 5.75 Å². The van der Waals surface area contributed by atoms with Crippen molar-refractivity contribution in [1.29, 1.82) is 0 Å². The van der Waals surface area contributed by atoms with Gasteiger partial charge in [0.25, 0.3) is 0 Å². The van der Waals surface area contributed by atoms with Crippen LogP contribution in [-0.4, -0.2) is 19.6 Å². The molecule has 1 N–H and O–H groups in total. The maximum atomic E-state index is 12.6. The van der Waals surface area contributed by atoms with E-state index in [-0.39, 0.29) is 16.7 Å². The predicted molar refractivity (Wildman–Crippen MR) is 283 cm³/mol. The van der Waals surface area contributed by atoms with E-state index in [4.69, 9.17) is 23.7 Å². The zero-order chi connectivity index (χ0) is 55.8. The highest BCUT2D eigenvalue weighted by molar-refractivity contribution is 5.98. The van der Waals surface area contributed by atoms with Crippen molar-refractivity contribution in [2.45, 2.75) is 98.1 Å². The summed E-state index contributed by atoms with van der Waals surface area (Å²) < 4.78 is 85.4. The van der Waals surface area contributed by atoms with Crippen LogP contribution >= 0.6 is 0 Å². The summed E-state index contributed by atoms with van der Waals surface area (Å²) in [6, 6.07) is 52.3. The molecule has 0 aliphatic carbocycles. The average Bonchev–Trinajstić information content (AvgIpc) is 3.83. The van der Waals surface area contributed by atoms with E-state index in [2.05, 4.69) is 113 Å². The summed E-state index contributed by atoms with van der Waals surface area (Å²) in [6.45, 7) is 6.42. The number of pyridine rings is 1. The predicted octanol–water partition coefficient (Wildman–Crippen LogP) is 17.1. The topological polar surface area (TPSA) is 50.9 Å². The Kier molecular flexibility index (Phi) is 8.86. The molecule has 0 saturated carbocycles. The van der Waals surface area contributed by atoms with Crippen molar-refractivity contribution in [1.82, 2.24) is 14.5 Å². The van der Waals surface area contributed by atoms with E-state index < -0.39 is 37.3 Å². The van der Waals surface area contributed by atoms with Gasteiger partial charge in [-0.1, -0.05) is 185 Å². The van der Waals surface area contributed by atoms with Gasteiger partial charge in [0.15, 0.2) is 0 Å². The molecule has 0 radical (unpaired) electrons. The number of phenols is 1. The van der Waals surface area contributed by atoms with Gasteiger partial charge in [-0.2, -0.15) is 0 Å². The number of fused-ring (bicyclic) bond motifs is 1. The number of hydrogen-bond donors (Lipinski definition) is 1. The first-order valence-electron chi connectivity index (χ1n) is 27.8. The number of aromatic nitrogens is 3. The number of nitrogens with zero attached hydrogens (tertiary/aromatic N) is 3. The summed E-state index contributed by atoms with van der Waals surface area (Å²) in [6.07, 6.45) is 1.67.